The van der Waals surface area contributed by atoms with Gasteiger partial charge in [0.05, 0.1) is 5.92 Å². The molecule has 0 unspecified atom stereocenters. The maximum atomic E-state index is 12.8. The van der Waals surface area contributed by atoms with Gasteiger partial charge in [0.15, 0.2) is 0 Å². The third kappa shape index (κ3) is 3.92. The van der Waals surface area contributed by atoms with Gasteiger partial charge < -0.3 is 5.32 Å². The van der Waals surface area contributed by atoms with E-state index in [0.717, 1.165) is 25.9 Å². The molecule has 0 radical (unpaired) electrons. The molecule has 2 atom stereocenters. The average Bonchev–Trinajstić information content (AvgIpc) is 2.68. The number of nitrogens with zero attached hydrogens (tertiary/aromatic N) is 1. The molecule has 0 bridgehead atoms. The van der Waals surface area contributed by atoms with Gasteiger partial charge in [0.2, 0.25) is 5.91 Å². The van der Waals surface area contributed by atoms with E-state index in [1.807, 2.05) is 0 Å². The number of carbonyl (C=O) groups is 1. The van der Waals surface area contributed by atoms with Gasteiger partial charge >= 0.3 is 0 Å². The highest BCUT2D eigenvalue weighted by atomic mass is 16.2. The van der Waals surface area contributed by atoms with Crippen LogP contribution in [-0.2, 0) is 11.2 Å². The second-order valence-electron chi connectivity index (χ2n) is 8.28. The summed E-state index contributed by atoms with van der Waals surface area (Å²) >= 11 is 0. The normalized spacial score (nSPS) is 28.3. The van der Waals surface area contributed by atoms with Crippen molar-refractivity contribution in [3.05, 3.63) is 35.4 Å². The Balaban J connectivity index is 1.40. The summed E-state index contributed by atoms with van der Waals surface area (Å²) in [5, 5.41) is 3.37. The van der Waals surface area contributed by atoms with Crippen LogP contribution in [0.15, 0.2) is 24.3 Å². The SMILES string of the molecule is O=C(NC1CCCCC1)[C@@H]1CCCN([C@@H]2CCCc3ccccc32)C1. The number of likely N-dealkylation sites (tertiary alicyclic amines) is 1. The lowest BCUT2D eigenvalue weighted by Gasteiger charge is -2.40. The van der Waals surface area contributed by atoms with E-state index in [1.54, 1.807) is 0 Å². The first kappa shape index (κ1) is 17.1. The molecule has 1 N–H and O–H groups in total. The molecule has 2 aliphatic carbocycles. The summed E-state index contributed by atoms with van der Waals surface area (Å²) in [5.41, 5.74) is 3.04. The molecule has 0 spiro atoms. The third-order valence-electron chi connectivity index (χ3n) is 6.55. The number of carbonyl (C=O) groups excluding carboxylic acids is 1. The van der Waals surface area contributed by atoms with E-state index < -0.39 is 0 Å². The number of amides is 1. The van der Waals surface area contributed by atoms with Crippen molar-refractivity contribution in [3.63, 3.8) is 0 Å². The molecule has 3 aliphatic rings. The van der Waals surface area contributed by atoms with Crippen molar-refractivity contribution in [1.82, 2.24) is 10.2 Å². The van der Waals surface area contributed by atoms with Crippen molar-refractivity contribution in [2.45, 2.75) is 76.3 Å². The molecule has 1 aromatic carbocycles. The average molecular weight is 341 g/mol. The lowest BCUT2D eigenvalue weighted by atomic mass is 9.85. The molecule has 1 saturated heterocycles. The van der Waals surface area contributed by atoms with Crippen molar-refractivity contribution in [3.8, 4) is 0 Å². The number of nitrogens with one attached hydrogen (secondary N) is 1. The van der Waals surface area contributed by atoms with E-state index in [-0.39, 0.29) is 5.92 Å². The highest BCUT2D eigenvalue weighted by molar-refractivity contribution is 5.79. The summed E-state index contributed by atoms with van der Waals surface area (Å²) in [4.78, 5) is 15.4. The molecular formula is C22H32N2O. The Morgan fingerprint density at radius 1 is 0.960 bits per heavy atom. The van der Waals surface area contributed by atoms with E-state index >= 15 is 0 Å². The van der Waals surface area contributed by atoms with E-state index in [9.17, 15) is 4.79 Å². The van der Waals surface area contributed by atoms with E-state index in [1.165, 1.54) is 62.5 Å². The Bertz CT molecular complexity index is 593. The molecule has 1 heterocycles. The molecule has 1 aliphatic heterocycles. The zero-order valence-electron chi connectivity index (χ0n) is 15.4. The molecular weight excluding hydrogens is 308 g/mol. The summed E-state index contributed by atoms with van der Waals surface area (Å²) in [5.74, 6) is 0.505. The molecule has 1 saturated carbocycles. The monoisotopic (exact) mass is 340 g/mol. The van der Waals surface area contributed by atoms with Crippen LogP contribution in [0.5, 0.6) is 0 Å². The van der Waals surface area contributed by atoms with Crippen LogP contribution < -0.4 is 5.32 Å². The number of hydrogen-bond donors (Lipinski definition) is 1. The lowest BCUT2D eigenvalue weighted by molar-refractivity contribution is -0.128. The second kappa shape index (κ2) is 7.90. The largest absolute Gasteiger partial charge is 0.353 e. The molecule has 136 valence electrons. The van der Waals surface area contributed by atoms with Crippen molar-refractivity contribution < 1.29 is 4.79 Å². The fourth-order valence-corrected chi connectivity index (χ4v) is 5.18. The number of rotatable bonds is 3. The van der Waals surface area contributed by atoms with Crippen LogP contribution in [0.3, 0.4) is 0 Å². The molecule has 25 heavy (non-hydrogen) atoms. The van der Waals surface area contributed by atoms with Gasteiger partial charge in [0.25, 0.3) is 0 Å². The Morgan fingerprint density at radius 2 is 1.80 bits per heavy atom. The van der Waals surface area contributed by atoms with Crippen LogP contribution >= 0.6 is 0 Å². The summed E-state index contributed by atoms with van der Waals surface area (Å²) in [6.07, 6.45) is 12.2. The maximum Gasteiger partial charge on any atom is 0.224 e. The Hall–Kier alpha value is -1.35. The summed E-state index contributed by atoms with van der Waals surface area (Å²) in [7, 11) is 0. The zero-order chi connectivity index (χ0) is 17.1. The van der Waals surface area contributed by atoms with Crippen LogP contribution in [0, 0.1) is 5.92 Å². The van der Waals surface area contributed by atoms with Gasteiger partial charge in [-0.05, 0) is 62.6 Å². The molecule has 0 aromatic heterocycles. The van der Waals surface area contributed by atoms with Crippen molar-refractivity contribution in [1.29, 1.82) is 0 Å². The molecule has 4 rings (SSSR count). The zero-order valence-corrected chi connectivity index (χ0v) is 15.4. The molecule has 1 aromatic rings. The fraction of sp³-hybridized carbons (Fsp3) is 0.682. The second-order valence-corrected chi connectivity index (χ2v) is 8.28. The summed E-state index contributed by atoms with van der Waals surface area (Å²) in [6.45, 7) is 2.09. The molecule has 3 nitrogen and oxygen atoms in total. The van der Waals surface area contributed by atoms with Gasteiger partial charge in [-0.3, -0.25) is 9.69 Å². The van der Waals surface area contributed by atoms with Crippen LogP contribution in [0.4, 0.5) is 0 Å². The molecule has 2 fully saturated rings. The minimum Gasteiger partial charge on any atom is -0.353 e. The van der Waals surface area contributed by atoms with E-state index in [2.05, 4.69) is 34.5 Å². The predicted octanol–water partition coefficient (Wildman–Crippen LogP) is 4.22. The Labute approximate surface area is 152 Å². The van der Waals surface area contributed by atoms with Gasteiger partial charge in [-0.1, -0.05) is 43.5 Å². The minimum absolute atomic E-state index is 0.185. The minimum atomic E-state index is 0.185. The van der Waals surface area contributed by atoms with Gasteiger partial charge in [0.1, 0.15) is 0 Å². The standard InChI is InChI=1S/C22H32N2O/c25-22(23-19-11-2-1-3-12-19)18-10-7-15-24(16-18)21-14-6-9-17-8-4-5-13-20(17)21/h4-5,8,13,18-19,21H,1-3,6-7,9-12,14-16H2,(H,23,25)/t18-,21-/m1/s1. The van der Waals surface area contributed by atoms with Crippen LogP contribution in [0.25, 0.3) is 0 Å². The first-order chi connectivity index (χ1) is 12.3. The van der Waals surface area contributed by atoms with Crippen molar-refractivity contribution in [2.24, 2.45) is 5.92 Å². The number of piperidine rings is 1. The van der Waals surface area contributed by atoms with Crippen LogP contribution in [-0.4, -0.2) is 29.9 Å². The Morgan fingerprint density at radius 3 is 2.68 bits per heavy atom. The van der Waals surface area contributed by atoms with Crippen LogP contribution in [0.2, 0.25) is 0 Å². The molecule has 3 heteroatoms. The number of hydrogen-bond acceptors (Lipinski definition) is 2. The Kier molecular flexibility index (Phi) is 5.40. The summed E-state index contributed by atoms with van der Waals surface area (Å²) in [6, 6.07) is 9.90. The van der Waals surface area contributed by atoms with Crippen molar-refractivity contribution in [2.75, 3.05) is 13.1 Å². The topological polar surface area (TPSA) is 32.3 Å². The highest BCUT2D eigenvalue weighted by Gasteiger charge is 2.33. The number of aryl methyl sites for hydroxylation is 1. The predicted molar refractivity (Wildman–Crippen MR) is 101 cm³/mol. The fourth-order valence-electron chi connectivity index (χ4n) is 5.18. The van der Waals surface area contributed by atoms with Gasteiger partial charge in [-0.2, -0.15) is 0 Å². The van der Waals surface area contributed by atoms with Crippen molar-refractivity contribution >= 4 is 5.91 Å². The van der Waals surface area contributed by atoms with Gasteiger partial charge in [-0.15, -0.1) is 0 Å². The first-order valence-corrected chi connectivity index (χ1v) is 10.4. The maximum absolute atomic E-state index is 12.8. The first-order valence-electron chi connectivity index (χ1n) is 10.4. The number of fused-ring (bicyclic) bond motifs is 1. The van der Waals surface area contributed by atoms with E-state index in [0.29, 0.717) is 18.0 Å². The van der Waals surface area contributed by atoms with E-state index in [4.69, 9.17) is 0 Å². The highest BCUT2D eigenvalue weighted by Crippen LogP contribution is 2.36. The van der Waals surface area contributed by atoms with Crippen LogP contribution in [0.1, 0.15) is 75.0 Å². The quantitative estimate of drug-likeness (QED) is 0.893. The smallest absolute Gasteiger partial charge is 0.224 e. The summed E-state index contributed by atoms with van der Waals surface area (Å²) < 4.78 is 0. The number of benzene rings is 1. The molecule has 1 amide bonds. The van der Waals surface area contributed by atoms with Gasteiger partial charge in [0, 0.05) is 18.6 Å². The lowest BCUT2D eigenvalue weighted by Crippen LogP contribution is -2.47. The van der Waals surface area contributed by atoms with Gasteiger partial charge in [-0.25, -0.2) is 0 Å². The third-order valence-corrected chi connectivity index (χ3v) is 6.55.